The lowest BCUT2D eigenvalue weighted by atomic mass is 10.3. The van der Waals surface area contributed by atoms with Crippen molar-refractivity contribution >= 4 is 6.21 Å². The third kappa shape index (κ3) is 3.19. The molecule has 0 aromatic rings. The molecule has 0 atom stereocenters. The fraction of sp³-hybridized carbons (Fsp3) is 0.300. The van der Waals surface area contributed by atoms with Crippen LogP contribution in [-0.2, 0) is 0 Å². The molecule has 0 rings (SSSR count). The number of allylic oxidation sites excluding steroid dienone is 3. The Labute approximate surface area is 74.4 Å². The van der Waals surface area contributed by atoms with Crippen molar-refractivity contribution in [2.45, 2.75) is 13.8 Å². The fourth-order valence-corrected chi connectivity index (χ4v) is 0.834. The van der Waals surface area contributed by atoms with Gasteiger partial charge in [0.1, 0.15) is 0 Å². The van der Waals surface area contributed by atoms with Gasteiger partial charge in [-0.15, -0.1) is 0 Å². The van der Waals surface area contributed by atoms with E-state index in [9.17, 15) is 0 Å². The minimum atomic E-state index is 0.900. The maximum atomic E-state index is 4.19. The normalized spacial score (nSPS) is 13.6. The molecule has 0 radical (unpaired) electrons. The van der Waals surface area contributed by atoms with E-state index in [1.54, 1.807) is 12.3 Å². The third-order valence-electron chi connectivity index (χ3n) is 1.34. The van der Waals surface area contributed by atoms with Gasteiger partial charge in [0, 0.05) is 13.3 Å². The molecule has 0 saturated heterocycles. The van der Waals surface area contributed by atoms with Crippen molar-refractivity contribution in [3.63, 3.8) is 0 Å². The van der Waals surface area contributed by atoms with Crippen LogP contribution in [0.5, 0.6) is 0 Å². The summed E-state index contributed by atoms with van der Waals surface area (Å²) in [5.41, 5.74) is 1.84. The Hall–Kier alpha value is -1.31. The van der Waals surface area contributed by atoms with E-state index in [0.717, 1.165) is 11.4 Å². The summed E-state index contributed by atoms with van der Waals surface area (Å²) in [4.78, 5) is 4.19. The van der Waals surface area contributed by atoms with Crippen molar-refractivity contribution in [1.82, 2.24) is 5.32 Å². The summed E-state index contributed by atoms with van der Waals surface area (Å²) < 4.78 is 0. The SMILES string of the molecule is C=C/C(NC)=C(\C=C/C)N=CC. The van der Waals surface area contributed by atoms with Crippen molar-refractivity contribution < 1.29 is 0 Å². The average Bonchev–Trinajstić information content (AvgIpc) is 2.07. The van der Waals surface area contributed by atoms with Crippen LogP contribution in [0.2, 0.25) is 0 Å². The van der Waals surface area contributed by atoms with Gasteiger partial charge in [0.15, 0.2) is 0 Å². The van der Waals surface area contributed by atoms with Crippen molar-refractivity contribution in [2.75, 3.05) is 7.05 Å². The Morgan fingerprint density at radius 1 is 1.42 bits per heavy atom. The summed E-state index contributed by atoms with van der Waals surface area (Å²) in [6, 6.07) is 0. The zero-order chi connectivity index (χ0) is 9.40. The van der Waals surface area contributed by atoms with Gasteiger partial charge in [-0.3, -0.25) is 4.99 Å². The molecular formula is C10H16N2. The first-order chi connectivity index (χ1) is 5.79. The second-order valence-corrected chi connectivity index (χ2v) is 2.14. The topological polar surface area (TPSA) is 24.4 Å². The monoisotopic (exact) mass is 164 g/mol. The van der Waals surface area contributed by atoms with Crippen LogP contribution >= 0.6 is 0 Å². The molecule has 0 fully saturated rings. The van der Waals surface area contributed by atoms with Crippen LogP contribution in [0.15, 0.2) is 41.2 Å². The molecule has 0 bridgehead atoms. The lowest BCUT2D eigenvalue weighted by Crippen LogP contribution is -2.05. The molecule has 1 N–H and O–H groups in total. The van der Waals surface area contributed by atoms with Crippen LogP contribution in [0.4, 0.5) is 0 Å². The highest BCUT2D eigenvalue weighted by molar-refractivity contribution is 5.57. The second-order valence-electron chi connectivity index (χ2n) is 2.14. The number of hydrogen-bond acceptors (Lipinski definition) is 2. The minimum Gasteiger partial charge on any atom is -0.386 e. The molecule has 0 heterocycles. The lowest BCUT2D eigenvalue weighted by molar-refractivity contribution is 1.01. The summed E-state index contributed by atoms with van der Waals surface area (Å²) in [6.07, 6.45) is 7.40. The summed E-state index contributed by atoms with van der Waals surface area (Å²) in [5.74, 6) is 0. The van der Waals surface area contributed by atoms with Gasteiger partial charge in [-0.05, 0) is 26.0 Å². The molecular weight excluding hydrogens is 148 g/mol. The molecule has 2 nitrogen and oxygen atoms in total. The fourth-order valence-electron chi connectivity index (χ4n) is 0.834. The van der Waals surface area contributed by atoms with E-state index < -0.39 is 0 Å². The van der Waals surface area contributed by atoms with Gasteiger partial charge in [-0.2, -0.15) is 0 Å². The first-order valence-electron chi connectivity index (χ1n) is 3.96. The highest BCUT2D eigenvalue weighted by Crippen LogP contribution is 2.05. The van der Waals surface area contributed by atoms with Gasteiger partial charge >= 0.3 is 0 Å². The Bertz CT molecular complexity index is 208. The van der Waals surface area contributed by atoms with Gasteiger partial charge in [0.2, 0.25) is 0 Å². The summed E-state index contributed by atoms with van der Waals surface area (Å²) >= 11 is 0. The van der Waals surface area contributed by atoms with Crippen molar-refractivity contribution in [2.24, 2.45) is 4.99 Å². The van der Waals surface area contributed by atoms with E-state index in [2.05, 4.69) is 16.9 Å². The van der Waals surface area contributed by atoms with Crippen molar-refractivity contribution in [3.05, 3.63) is 36.2 Å². The molecule has 0 unspecified atom stereocenters. The molecule has 0 aliphatic rings. The maximum absolute atomic E-state index is 4.19. The van der Waals surface area contributed by atoms with Crippen LogP contribution in [0, 0.1) is 0 Å². The van der Waals surface area contributed by atoms with Crippen molar-refractivity contribution in [1.29, 1.82) is 0 Å². The molecule has 0 spiro atoms. The highest BCUT2D eigenvalue weighted by atomic mass is 14.9. The van der Waals surface area contributed by atoms with E-state index in [0.29, 0.717) is 0 Å². The summed E-state index contributed by atoms with van der Waals surface area (Å²) in [7, 11) is 1.85. The lowest BCUT2D eigenvalue weighted by Gasteiger charge is -2.02. The zero-order valence-corrected chi connectivity index (χ0v) is 7.96. The number of nitrogens with zero attached hydrogens (tertiary/aromatic N) is 1. The standard InChI is InChI=1S/C10H16N2/c1-5-8-10(12-7-3)9(6-2)11-4/h5-8,11H,2H2,1,3-4H3/b8-5-,10-9-,12-7?. The molecule has 66 valence electrons. The summed E-state index contributed by atoms with van der Waals surface area (Å²) in [5, 5.41) is 3.02. The molecule has 12 heavy (non-hydrogen) atoms. The van der Waals surface area contributed by atoms with Crippen LogP contribution < -0.4 is 5.32 Å². The zero-order valence-electron chi connectivity index (χ0n) is 7.96. The molecule has 0 saturated carbocycles. The van der Waals surface area contributed by atoms with Crippen molar-refractivity contribution in [3.8, 4) is 0 Å². The first kappa shape index (κ1) is 10.7. The quantitative estimate of drug-likeness (QED) is 0.500. The largest absolute Gasteiger partial charge is 0.386 e. The van der Waals surface area contributed by atoms with E-state index in [-0.39, 0.29) is 0 Å². The Morgan fingerprint density at radius 2 is 2.08 bits per heavy atom. The van der Waals surface area contributed by atoms with Crippen LogP contribution in [0.25, 0.3) is 0 Å². The molecule has 0 aromatic carbocycles. The van der Waals surface area contributed by atoms with E-state index in [1.165, 1.54) is 0 Å². The van der Waals surface area contributed by atoms with E-state index >= 15 is 0 Å². The number of likely N-dealkylation sites (N-methyl/N-ethyl adjacent to an activating group) is 1. The smallest absolute Gasteiger partial charge is 0.0853 e. The number of rotatable bonds is 4. The predicted octanol–water partition coefficient (Wildman–Crippen LogP) is 2.27. The first-order valence-corrected chi connectivity index (χ1v) is 3.96. The van der Waals surface area contributed by atoms with Crippen LogP contribution in [0.1, 0.15) is 13.8 Å². The Kier molecular flexibility index (Phi) is 5.70. The molecule has 2 heteroatoms. The Balaban J connectivity index is 4.87. The van der Waals surface area contributed by atoms with Crippen LogP contribution in [-0.4, -0.2) is 13.3 Å². The predicted molar refractivity (Wildman–Crippen MR) is 55.3 cm³/mol. The third-order valence-corrected chi connectivity index (χ3v) is 1.34. The molecule has 0 aromatic heterocycles. The second kappa shape index (κ2) is 6.40. The van der Waals surface area contributed by atoms with Gasteiger partial charge < -0.3 is 5.32 Å². The summed E-state index contributed by atoms with van der Waals surface area (Å²) in [6.45, 7) is 7.54. The average molecular weight is 164 g/mol. The number of hydrogen-bond donors (Lipinski definition) is 1. The number of nitrogens with one attached hydrogen (secondary N) is 1. The molecule has 0 amide bonds. The van der Waals surface area contributed by atoms with E-state index in [4.69, 9.17) is 0 Å². The number of aliphatic imine (C=N–C) groups is 1. The van der Waals surface area contributed by atoms with Crippen LogP contribution in [0.3, 0.4) is 0 Å². The van der Waals surface area contributed by atoms with Gasteiger partial charge in [0.05, 0.1) is 11.4 Å². The van der Waals surface area contributed by atoms with Gasteiger partial charge in [-0.25, -0.2) is 0 Å². The Morgan fingerprint density at radius 3 is 2.42 bits per heavy atom. The van der Waals surface area contributed by atoms with E-state index in [1.807, 2.05) is 33.0 Å². The minimum absolute atomic E-state index is 0.900. The van der Waals surface area contributed by atoms with Gasteiger partial charge in [0.25, 0.3) is 0 Å². The van der Waals surface area contributed by atoms with Gasteiger partial charge in [-0.1, -0.05) is 12.7 Å². The molecule has 0 aliphatic carbocycles. The maximum Gasteiger partial charge on any atom is 0.0853 e. The molecule has 0 aliphatic heterocycles. The highest BCUT2D eigenvalue weighted by Gasteiger charge is 1.93.